The monoisotopic (exact) mass is 345 g/mol. The van der Waals surface area contributed by atoms with E-state index in [0.717, 1.165) is 0 Å². The Bertz CT molecular complexity index is 841. The lowest BCUT2D eigenvalue weighted by atomic mass is 10.1. The van der Waals surface area contributed by atoms with Crippen molar-refractivity contribution in [2.75, 3.05) is 14.2 Å². The number of methoxy groups -OCH3 is 1. The van der Waals surface area contributed by atoms with E-state index in [9.17, 15) is 19.7 Å². The van der Waals surface area contributed by atoms with Crippen LogP contribution >= 0.6 is 0 Å². The summed E-state index contributed by atoms with van der Waals surface area (Å²) in [4.78, 5) is 39.2. The molecule has 0 spiro atoms. The smallest absolute Gasteiger partial charge is 0.339 e. The molecular formula is C17H19N3O5. The highest BCUT2D eigenvalue weighted by Gasteiger charge is 2.24. The minimum Gasteiger partial charge on any atom is -0.465 e. The highest BCUT2D eigenvalue weighted by atomic mass is 16.6. The molecule has 8 nitrogen and oxygen atoms in total. The largest absolute Gasteiger partial charge is 0.465 e. The lowest BCUT2D eigenvalue weighted by Gasteiger charge is -2.17. The van der Waals surface area contributed by atoms with E-state index in [4.69, 9.17) is 4.74 Å². The number of nitro groups is 1. The Morgan fingerprint density at radius 2 is 2.00 bits per heavy atom. The van der Waals surface area contributed by atoms with Gasteiger partial charge in [0, 0.05) is 31.4 Å². The molecule has 1 aromatic carbocycles. The Balaban J connectivity index is 2.25. The van der Waals surface area contributed by atoms with Crippen LogP contribution in [0.3, 0.4) is 0 Å². The van der Waals surface area contributed by atoms with Crippen molar-refractivity contribution in [1.29, 1.82) is 0 Å². The number of carbonyl (C=O) groups excluding carboxylic acids is 2. The molecule has 0 radical (unpaired) electrons. The summed E-state index contributed by atoms with van der Waals surface area (Å²) in [6.07, 6.45) is 0. The predicted molar refractivity (Wildman–Crippen MR) is 90.5 cm³/mol. The number of aryl methyl sites for hydroxylation is 1. The summed E-state index contributed by atoms with van der Waals surface area (Å²) in [7, 11) is 2.87. The van der Waals surface area contributed by atoms with Gasteiger partial charge in [0.05, 0.1) is 17.6 Å². The SMILES string of the molecule is COC(=O)c1c(C)[nH]c(C(=O)N(C)Cc2cccc([N+](=O)[O-])c2)c1C. The molecule has 0 aliphatic heterocycles. The molecule has 1 amide bonds. The molecule has 1 N–H and O–H groups in total. The van der Waals surface area contributed by atoms with Gasteiger partial charge in [-0.1, -0.05) is 12.1 Å². The zero-order chi connectivity index (χ0) is 18.7. The maximum absolute atomic E-state index is 12.7. The first-order chi connectivity index (χ1) is 11.8. The van der Waals surface area contributed by atoms with Crippen molar-refractivity contribution in [3.63, 3.8) is 0 Å². The molecule has 0 bridgehead atoms. The van der Waals surface area contributed by atoms with Gasteiger partial charge >= 0.3 is 5.97 Å². The van der Waals surface area contributed by atoms with Crippen molar-refractivity contribution in [3.05, 3.63) is 62.5 Å². The van der Waals surface area contributed by atoms with Gasteiger partial charge in [-0.2, -0.15) is 0 Å². The number of aromatic amines is 1. The van der Waals surface area contributed by atoms with Crippen LogP contribution in [0.4, 0.5) is 5.69 Å². The van der Waals surface area contributed by atoms with Crippen molar-refractivity contribution >= 4 is 17.6 Å². The second-order valence-electron chi connectivity index (χ2n) is 5.70. The molecule has 0 saturated carbocycles. The summed E-state index contributed by atoms with van der Waals surface area (Å²) in [6, 6.07) is 6.11. The quantitative estimate of drug-likeness (QED) is 0.509. The van der Waals surface area contributed by atoms with E-state index in [-0.39, 0.29) is 18.1 Å². The van der Waals surface area contributed by atoms with Crippen LogP contribution in [0.2, 0.25) is 0 Å². The second kappa shape index (κ2) is 7.16. The molecule has 2 rings (SSSR count). The number of benzene rings is 1. The number of ether oxygens (including phenoxy) is 1. The molecule has 1 heterocycles. The fraction of sp³-hybridized carbons (Fsp3) is 0.294. The molecule has 2 aromatic rings. The third-order valence-electron chi connectivity index (χ3n) is 3.93. The minimum absolute atomic E-state index is 0.0294. The summed E-state index contributed by atoms with van der Waals surface area (Å²) in [5.41, 5.74) is 2.31. The van der Waals surface area contributed by atoms with Gasteiger partial charge in [0.2, 0.25) is 0 Å². The van der Waals surface area contributed by atoms with E-state index < -0.39 is 10.9 Å². The summed E-state index contributed by atoms with van der Waals surface area (Å²) in [6.45, 7) is 3.56. The van der Waals surface area contributed by atoms with Gasteiger partial charge in [-0.25, -0.2) is 4.79 Å². The first-order valence-corrected chi connectivity index (χ1v) is 7.52. The molecule has 8 heteroatoms. The van der Waals surface area contributed by atoms with E-state index in [1.165, 1.54) is 24.1 Å². The maximum Gasteiger partial charge on any atom is 0.339 e. The molecule has 25 heavy (non-hydrogen) atoms. The van der Waals surface area contributed by atoms with Gasteiger partial charge in [-0.3, -0.25) is 14.9 Å². The van der Waals surface area contributed by atoms with Crippen LogP contribution in [0.5, 0.6) is 0 Å². The number of non-ortho nitro benzene ring substituents is 1. The maximum atomic E-state index is 12.7. The fourth-order valence-electron chi connectivity index (χ4n) is 2.68. The van der Waals surface area contributed by atoms with E-state index in [1.807, 2.05) is 0 Å². The fourth-order valence-corrected chi connectivity index (χ4v) is 2.68. The molecule has 132 valence electrons. The lowest BCUT2D eigenvalue weighted by Crippen LogP contribution is -2.27. The average Bonchev–Trinajstić information content (AvgIpc) is 2.88. The normalized spacial score (nSPS) is 10.4. The third-order valence-corrected chi connectivity index (χ3v) is 3.93. The van der Waals surface area contributed by atoms with Crippen molar-refractivity contribution in [2.24, 2.45) is 0 Å². The van der Waals surface area contributed by atoms with Gasteiger partial charge in [0.15, 0.2) is 0 Å². The number of nitrogens with zero attached hydrogens (tertiary/aromatic N) is 2. The lowest BCUT2D eigenvalue weighted by molar-refractivity contribution is -0.384. The van der Waals surface area contributed by atoms with Crippen LogP contribution in [0.15, 0.2) is 24.3 Å². The Kier molecular flexibility index (Phi) is 5.21. The first kappa shape index (κ1) is 18.2. The Hall–Kier alpha value is -3.16. The van der Waals surface area contributed by atoms with Gasteiger partial charge in [0.25, 0.3) is 11.6 Å². The first-order valence-electron chi connectivity index (χ1n) is 7.52. The Morgan fingerprint density at radius 3 is 2.60 bits per heavy atom. The molecule has 0 aliphatic carbocycles. The number of nitro benzene ring substituents is 1. The zero-order valence-electron chi connectivity index (χ0n) is 14.5. The summed E-state index contributed by atoms with van der Waals surface area (Å²) in [5.74, 6) is -0.825. The van der Waals surface area contributed by atoms with Crippen LogP contribution in [0.1, 0.15) is 37.7 Å². The van der Waals surface area contributed by atoms with Crippen LogP contribution in [0, 0.1) is 24.0 Å². The standard InChI is InChI=1S/C17H19N3O5/c1-10-14(17(22)25-4)11(2)18-15(10)16(21)19(3)9-12-6-5-7-13(8-12)20(23)24/h5-8,18H,9H2,1-4H3. The average molecular weight is 345 g/mol. The van der Waals surface area contributed by atoms with Crippen LogP contribution in [0.25, 0.3) is 0 Å². The number of hydrogen-bond acceptors (Lipinski definition) is 5. The van der Waals surface area contributed by atoms with E-state index in [1.54, 1.807) is 33.0 Å². The van der Waals surface area contributed by atoms with Crippen molar-refractivity contribution in [2.45, 2.75) is 20.4 Å². The molecule has 0 aliphatic rings. The van der Waals surface area contributed by atoms with Crippen LogP contribution in [-0.4, -0.2) is 40.8 Å². The summed E-state index contributed by atoms with van der Waals surface area (Å²) >= 11 is 0. The molecule has 0 atom stereocenters. The van der Waals surface area contributed by atoms with Crippen LogP contribution < -0.4 is 0 Å². The number of hydrogen-bond donors (Lipinski definition) is 1. The number of aromatic nitrogens is 1. The molecule has 0 fully saturated rings. The highest BCUT2D eigenvalue weighted by molar-refractivity contribution is 6.00. The van der Waals surface area contributed by atoms with Gasteiger partial charge in [-0.15, -0.1) is 0 Å². The van der Waals surface area contributed by atoms with Crippen LogP contribution in [-0.2, 0) is 11.3 Å². The topological polar surface area (TPSA) is 106 Å². The molecule has 1 aromatic heterocycles. The zero-order valence-corrected chi connectivity index (χ0v) is 14.5. The Labute approximate surface area is 144 Å². The number of esters is 1. The highest BCUT2D eigenvalue weighted by Crippen LogP contribution is 2.21. The number of rotatable bonds is 5. The van der Waals surface area contributed by atoms with Gasteiger partial charge in [-0.05, 0) is 25.0 Å². The molecule has 0 unspecified atom stereocenters. The van der Waals surface area contributed by atoms with E-state index in [0.29, 0.717) is 28.1 Å². The number of amides is 1. The van der Waals surface area contributed by atoms with E-state index >= 15 is 0 Å². The third kappa shape index (κ3) is 3.68. The van der Waals surface area contributed by atoms with Gasteiger partial charge in [0.1, 0.15) is 5.69 Å². The number of carbonyl (C=O) groups is 2. The summed E-state index contributed by atoms with van der Waals surface area (Å²) in [5, 5.41) is 10.8. The number of H-pyrrole nitrogens is 1. The summed E-state index contributed by atoms with van der Waals surface area (Å²) < 4.78 is 4.74. The minimum atomic E-state index is -0.508. The molecular weight excluding hydrogens is 326 g/mol. The van der Waals surface area contributed by atoms with Crippen molar-refractivity contribution < 1.29 is 19.2 Å². The van der Waals surface area contributed by atoms with Gasteiger partial charge < -0.3 is 14.6 Å². The van der Waals surface area contributed by atoms with E-state index in [2.05, 4.69) is 4.98 Å². The van der Waals surface area contributed by atoms with Crippen molar-refractivity contribution in [1.82, 2.24) is 9.88 Å². The predicted octanol–water partition coefficient (Wildman–Crippen LogP) is 2.60. The Morgan fingerprint density at radius 1 is 1.32 bits per heavy atom. The molecule has 0 saturated heterocycles. The number of nitrogens with one attached hydrogen (secondary N) is 1. The second-order valence-corrected chi connectivity index (χ2v) is 5.70. The van der Waals surface area contributed by atoms with Crippen molar-refractivity contribution in [3.8, 4) is 0 Å².